The summed E-state index contributed by atoms with van der Waals surface area (Å²) >= 11 is 8.95. The number of halogens is 2. The number of H-pyrrole nitrogens is 1. The summed E-state index contributed by atoms with van der Waals surface area (Å²) in [5, 5.41) is 0. The molecule has 0 aliphatic carbocycles. The van der Waals surface area contributed by atoms with Gasteiger partial charge in [0.05, 0.1) is 14.6 Å². The van der Waals surface area contributed by atoms with Crippen molar-refractivity contribution >= 4 is 57.6 Å². The summed E-state index contributed by atoms with van der Waals surface area (Å²) in [5.41, 5.74) is 1.74. The first-order chi connectivity index (χ1) is 7.63. The van der Waals surface area contributed by atoms with Gasteiger partial charge in [0, 0.05) is 18.4 Å². The lowest BCUT2D eigenvalue weighted by molar-refractivity contribution is 0.621. The molecule has 2 nitrogen and oxygen atoms in total. The number of rotatable bonds is 3. The van der Waals surface area contributed by atoms with E-state index in [0.29, 0.717) is 8.34 Å². The molecule has 0 bridgehead atoms. The molecule has 6 heteroatoms. The molecule has 0 atom stereocenters. The number of fused-ring (bicyclic) bond motifs is 1. The van der Waals surface area contributed by atoms with E-state index >= 15 is 0 Å². The molecule has 0 fully saturated rings. The van der Waals surface area contributed by atoms with Gasteiger partial charge in [0.2, 0.25) is 0 Å². The molecular weight excluding hydrogens is 358 g/mol. The Balaban J connectivity index is 2.60. The number of nitrogens with zero attached hydrogens (tertiary/aromatic N) is 1. The highest BCUT2D eigenvalue weighted by Crippen LogP contribution is 2.20. The van der Waals surface area contributed by atoms with E-state index in [-0.39, 0.29) is 5.82 Å². The Hall–Kier alpha value is -0.0800. The Morgan fingerprint density at radius 1 is 1.56 bits per heavy atom. The molecule has 0 radical (unpaired) electrons. The summed E-state index contributed by atoms with van der Waals surface area (Å²) in [5.74, 6) is 0.773. The molecular formula is C10H10FIN2S2. The van der Waals surface area contributed by atoms with Crippen LogP contribution in [0.1, 0.15) is 0 Å². The lowest BCUT2D eigenvalue weighted by atomic mass is 10.3. The summed E-state index contributed by atoms with van der Waals surface area (Å²) in [6.45, 7) is 0.806. The smallest absolute Gasteiger partial charge is 0.178 e. The normalized spacial score (nSPS) is 11.2. The molecule has 0 spiro atoms. The minimum atomic E-state index is -0.194. The molecule has 2 aromatic rings. The molecule has 1 N–H and O–H groups in total. The van der Waals surface area contributed by atoms with Crippen LogP contribution in [-0.4, -0.2) is 21.6 Å². The highest BCUT2D eigenvalue weighted by molar-refractivity contribution is 14.1. The monoisotopic (exact) mass is 368 g/mol. The number of nitrogens with one attached hydrogen (secondary N) is 1. The van der Waals surface area contributed by atoms with Gasteiger partial charge in [0.1, 0.15) is 5.82 Å². The highest BCUT2D eigenvalue weighted by atomic mass is 127. The van der Waals surface area contributed by atoms with Crippen LogP contribution in [0.2, 0.25) is 0 Å². The van der Waals surface area contributed by atoms with Crippen LogP contribution < -0.4 is 0 Å². The van der Waals surface area contributed by atoms with E-state index < -0.39 is 0 Å². The molecule has 0 saturated heterocycles. The molecule has 0 amide bonds. The maximum absolute atomic E-state index is 13.5. The van der Waals surface area contributed by atoms with Crippen molar-refractivity contribution in [2.24, 2.45) is 0 Å². The van der Waals surface area contributed by atoms with Crippen LogP contribution in [0.4, 0.5) is 4.39 Å². The average Bonchev–Trinajstić information content (AvgIpc) is 2.52. The highest BCUT2D eigenvalue weighted by Gasteiger charge is 2.08. The molecule has 2 rings (SSSR count). The third-order valence-corrected chi connectivity index (χ3v) is 4.08. The lowest BCUT2D eigenvalue weighted by Crippen LogP contribution is -2.00. The Morgan fingerprint density at radius 2 is 2.31 bits per heavy atom. The molecule has 1 heterocycles. The maximum Gasteiger partial charge on any atom is 0.178 e. The molecule has 1 aromatic heterocycles. The van der Waals surface area contributed by atoms with Crippen molar-refractivity contribution in [2.75, 3.05) is 12.0 Å². The Morgan fingerprint density at radius 3 is 3.00 bits per heavy atom. The summed E-state index contributed by atoms with van der Waals surface area (Å²) in [4.78, 5) is 3.10. The SMILES string of the molecule is CSCCn1c(=S)[nH]c2cc(I)c(F)cc21. The molecule has 16 heavy (non-hydrogen) atoms. The second-order valence-electron chi connectivity index (χ2n) is 3.36. The van der Waals surface area contributed by atoms with Crippen LogP contribution in [0.3, 0.4) is 0 Å². The van der Waals surface area contributed by atoms with Gasteiger partial charge in [-0.25, -0.2) is 4.39 Å². The van der Waals surface area contributed by atoms with Gasteiger partial charge in [-0.05, 0) is 47.1 Å². The van der Waals surface area contributed by atoms with Crippen molar-refractivity contribution < 1.29 is 4.39 Å². The van der Waals surface area contributed by atoms with Crippen molar-refractivity contribution in [1.29, 1.82) is 0 Å². The van der Waals surface area contributed by atoms with Crippen LogP contribution in [0.25, 0.3) is 11.0 Å². The number of imidazole rings is 1. The van der Waals surface area contributed by atoms with E-state index in [1.165, 1.54) is 0 Å². The minimum absolute atomic E-state index is 0.194. The van der Waals surface area contributed by atoms with E-state index in [1.54, 1.807) is 23.9 Å². The lowest BCUT2D eigenvalue weighted by Gasteiger charge is -2.03. The van der Waals surface area contributed by atoms with Crippen LogP contribution in [0.5, 0.6) is 0 Å². The van der Waals surface area contributed by atoms with Gasteiger partial charge >= 0.3 is 0 Å². The van der Waals surface area contributed by atoms with Gasteiger partial charge in [-0.1, -0.05) is 0 Å². The zero-order valence-electron chi connectivity index (χ0n) is 8.59. The zero-order valence-corrected chi connectivity index (χ0v) is 12.4. The predicted octanol–water partition coefficient (Wildman–Crippen LogP) is 3.81. The van der Waals surface area contributed by atoms with Crippen LogP contribution >= 0.6 is 46.6 Å². The number of hydrogen-bond donors (Lipinski definition) is 1. The second-order valence-corrected chi connectivity index (χ2v) is 5.89. The minimum Gasteiger partial charge on any atom is -0.331 e. The number of aromatic amines is 1. The van der Waals surface area contributed by atoms with Crippen molar-refractivity contribution in [3.05, 3.63) is 26.3 Å². The molecule has 1 aromatic carbocycles. The fraction of sp³-hybridized carbons (Fsp3) is 0.300. The number of hydrogen-bond acceptors (Lipinski definition) is 2. The standard InChI is InChI=1S/C10H10FIN2S2/c1-16-3-2-14-9-4-6(11)7(12)5-8(9)13-10(14)15/h4-5H,2-3H2,1H3,(H,13,15). The largest absolute Gasteiger partial charge is 0.331 e. The maximum atomic E-state index is 13.5. The Bertz CT molecular complexity index is 576. The van der Waals surface area contributed by atoms with Crippen molar-refractivity contribution in [1.82, 2.24) is 9.55 Å². The van der Waals surface area contributed by atoms with Crippen LogP contribution in [0, 0.1) is 14.2 Å². The third-order valence-electron chi connectivity index (χ3n) is 2.34. The molecule has 0 aliphatic heterocycles. The quantitative estimate of drug-likeness (QED) is 0.657. The van der Waals surface area contributed by atoms with Gasteiger partial charge in [-0.2, -0.15) is 11.8 Å². The van der Waals surface area contributed by atoms with Gasteiger partial charge in [0.15, 0.2) is 4.77 Å². The second kappa shape index (κ2) is 5.05. The first-order valence-corrected chi connectivity index (χ1v) is 7.58. The topological polar surface area (TPSA) is 20.7 Å². The molecule has 86 valence electrons. The molecule has 0 aliphatic rings. The molecule has 0 saturated carbocycles. The summed E-state index contributed by atoms with van der Waals surface area (Å²) in [7, 11) is 0. The van der Waals surface area contributed by atoms with Gasteiger partial charge in [-0.3, -0.25) is 0 Å². The van der Waals surface area contributed by atoms with E-state index in [9.17, 15) is 4.39 Å². The fourth-order valence-electron chi connectivity index (χ4n) is 1.56. The number of aromatic nitrogens is 2. The van der Waals surface area contributed by atoms with Crippen molar-refractivity contribution in [3.63, 3.8) is 0 Å². The third kappa shape index (κ3) is 2.28. The van der Waals surface area contributed by atoms with Crippen LogP contribution in [0.15, 0.2) is 12.1 Å². The number of thioether (sulfide) groups is 1. The average molecular weight is 368 g/mol. The van der Waals surface area contributed by atoms with Gasteiger partial charge in [0.25, 0.3) is 0 Å². The van der Waals surface area contributed by atoms with E-state index in [1.807, 2.05) is 33.4 Å². The molecule has 0 unspecified atom stereocenters. The van der Waals surface area contributed by atoms with E-state index in [4.69, 9.17) is 12.2 Å². The van der Waals surface area contributed by atoms with Crippen molar-refractivity contribution in [2.45, 2.75) is 6.54 Å². The first kappa shape index (κ1) is 12.4. The van der Waals surface area contributed by atoms with E-state index in [0.717, 1.165) is 23.3 Å². The Kier molecular flexibility index (Phi) is 3.91. The zero-order chi connectivity index (χ0) is 11.7. The van der Waals surface area contributed by atoms with E-state index in [2.05, 4.69) is 4.98 Å². The predicted molar refractivity (Wildman–Crippen MR) is 78.2 cm³/mol. The number of benzene rings is 1. The number of aryl methyl sites for hydroxylation is 1. The van der Waals surface area contributed by atoms with Crippen molar-refractivity contribution in [3.8, 4) is 0 Å². The summed E-state index contributed by atoms with van der Waals surface area (Å²) in [6, 6.07) is 3.33. The van der Waals surface area contributed by atoms with Crippen LogP contribution in [-0.2, 0) is 6.54 Å². The first-order valence-electron chi connectivity index (χ1n) is 4.70. The van der Waals surface area contributed by atoms with Gasteiger partial charge in [-0.15, -0.1) is 0 Å². The Labute approximate surface area is 116 Å². The fourth-order valence-corrected chi connectivity index (χ4v) is 2.69. The summed E-state index contributed by atoms with van der Waals surface area (Å²) in [6.07, 6.45) is 2.04. The van der Waals surface area contributed by atoms with Gasteiger partial charge < -0.3 is 9.55 Å². The summed E-state index contributed by atoms with van der Waals surface area (Å²) < 4.78 is 16.7.